The van der Waals surface area contributed by atoms with Crippen LogP contribution in [-0.2, 0) is 9.59 Å². The minimum atomic E-state index is -0.927. The highest BCUT2D eigenvalue weighted by Gasteiger charge is 2.28. The third kappa shape index (κ3) is 3.91. The topological polar surface area (TPSA) is 82.1 Å². The highest BCUT2D eigenvalue weighted by Crippen LogP contribution is 2.40. The van der Waals surface area contributed by atoms with Crippen LogP contribution < -0.4 is 14.2 Å². The maximum Gasteiger partial charge on any atom is 0.312 e. The first-order valence-electron chi connectivity index (χ1n) is 7.90. The third-order valence-corrected chi connectivity index (χ3v) is 4.06. The van der Waals surface area contributed by atoms with E-state index in [-0.39, 0.29) is 31.3 Å². The molecule has 2 aromatic rings. The molecule has 0 spiro atoms. The molecule has 0 aliphatic carbocycles. The van der Waals surface area contributed by atoms with Gasteiger partial charge in [0.2, 0.25) is 0 Å². The van der Waals surface area contributed by atoms with Crippen LogP contribution in [0.15, 0.2) is 42.5 Å². The summed E-state index contributed by atoms with van der Waals surface area (Å²) in [5.41, 5.74) is 1.90. The average Bonchev–Trinajstić information content (AvgIpc) is 2.60. The summed E-state index contributed by atoms with van der Waals surface area (Å²) in [6.45, 7) is 0.0595. The van der Waals surface area contributed by atoms with E-state index in [2.05, 4.69) is 0 Å². The number of carboxylic acids is 1. The van der Waals surface area contributed by atoms with E-state index in [9.17, 15) is 9.59 Å². The molecule has 1 heterocycles. The number of ether oxygens (including phenoxy) is 3. The molecule has 0 amide bonds. The van der Waals surface area contributed by atoms with Gasteiger partial charge in [-0.15, -0.1) is 0 Å². The van der Waals surface area contributed by atoms with Crippen molar-refractivity contribution >= 4 is 11.9 Å². The Hall–Kier alpha value is -3.02. The summed E-state index contributed by atoms with van der Waals surface area (Å²) in [5.74, 6) is 0.341. The maximum absolute atomic E-state index is 12.0. The molecule has 130 valence electrons. The zero-order valence-electron chi connectivity index (χ0n) is 13.7. The largest absolute Gasteiger partial charge is 0.497 e. The number of esters is 1. The molecule has 1 aliphatic rings. The Bertz CT molecular complexity index is 781. The van der Waals surface area contributed by atoms with Gasteiger partial charge in [-0.3, -0.25) is 9.59 Å². The average molecular weight is 342 g/mol. The van der Waals surface area contributed by atoms with Crippen LogP contribution in [0.4, 0.5) is 0 Å². The van der Waals surface area contributed by atoms with Crippen molar-refractivity contribution in [3.8, 4) is 17.2 Å². The Kier molecular flexibility index (Phi) is 4.88. The second kappa shape index (κ2) is 7.25. The Labute approximate surface area is 144 Å². The SMILES string of the molecule is COc1ccc(C2CC(=O)Oc3cc(OCCC(=O)O)ccc32)cc1. The second-order valence-corrected chi connectivity index (χ2v) is 5.70. The van der Waals surface area contributed by atoms with E-state index < -0.39 is 5.97 Å². The van der Waals surface area contributed by atoms with Crippen LogP contribution in [0.2, 0.25) is 0 Å². The van der Waals surface area contributed by atoms with Crippen molar-refractivity contribution in [2.24, 2.45) is 0 Å². The first kappa shape index (κ1) is 16.8. The number of rotatable bonds is 6. The van der Waals surface area contributed by atoms with Gasteiger partial charge in [-0.05, 0) is 23.8 Å². The molecule has 6 nitrogen and oxygen atoms in total. The molecule has 0 bridgehead atoms. The van der Waals surface area contributed by atoms with Crippen molar-refractivity contribution in [1.29, 1.82) is 0 Å². The first-order chi connectivity index (χ1) is 12.1. The number of carboxylic acid groups (broad SMARTS) is 1. The summed E-state index contributed by atoms with van der Waals surface area (Å²) in [7, 11) is 1.61. The van der Waals surface area contributed by atoms with Gasteiger partial charge in [-0.25, -0.2) is 0 Å². The summed E-state index contributed by atoms with van der Waals surface area (Å²) >= 11 is 0. The van der Waals surface area contributed by atoms with E-state index in [1.54, 1.807) is 19.2 Å². The Morgan fingerprint density at radius 3 is 2.60 bits per heavy atom. The summed E-state index contributed by atoms with van der Waals surface area (Å²) < 4.78 is 15.9. The molecule has 6 heteroatoms. The highest BCUT2D eigenvalue weighted by molar-refractivity contribution is 5.78. The lowest BCUT2D eigenvalue weighted by atomic mass is 9.86. The summed E-state index contributed by atoms with van der Waals surface area (Å²) in [6.07, 6.45) is 0.171. The number of benzene rings is 2. The predicted octanol–water partition coefficient (Wildman–Crippen LogP) is 2.99. The number of aliphatic carboxylic acids is 1. The molecule has 1 N–H and O–H groups in total. The van der Waals surface area contributed by atoms with Crippen molar-refractivity contribution < 1.29 is 28.9 Å². The molecule has 1 aliphatic heterocycles. The minimum absolute atomic E-state index is 0.0595. The van der Waals surface area contributed by atoms with E-state index in [0.29, 0.717) is 11.5 Å². The van der Waals surface area contributed by atoms with Crippen LogP contribution in [0.1, 0.15) is 29.9 Å². The molecule has 1 atom stereocenters. The lowest BCUT2D eigenvalue weighted by Gasteiger charge is -2.25. The van der Waals surface area contributed by atoms with Crippen molar-refractivity contribution in [3.05, 3.63) is 53.6 Å². The van der Waals surface area contributed by atoms with Gasteiger partial charge in [-0.1, -0.05) is 18.2 Å². The zero-order chi connectivity index (χ0) is 17.8. The van der Waals surface area contributed by atoms with Crippen molar-refractivity contribution in [2.45, 2.75) is 18.8 Å². The summed E-state index contributed by atoms with van der Waals surface area (Å²) in [4.78, 5) is 22.5. The molecule has 25 heavy (non-hydrogen) atoms. The van der Waals surface area contributed by atoms with Gasteiger partial charge >= 0.3 is 11.9 Å². The molecule has 0 saturated heterocycles. The van der Waals surface area contributed by atoms with Crippen molar-refractivity contribution in [2.75, 3.05) is 13.7 Å². The van der Waals surface area contributed by atoms with Gasteiger partial charge in [0.05, 0.1) is 26.6 Å². The van der Waals surface area contributed by atoms with E-state index in [1.807, 2.05) is 30.3 Å². The molecule has 1 unspecified atom stereocenters. The monoisotopic (exact) mass is 342 g/mol. The maximum atomic E-state index is 12.0. The highest BCUT2D eigenvalue weighted by atomic mass is 16.5. The van der Waals surface area contributed by atoms with Gasteiger partial charge in [0, 0.05) is 17.5 Å². The standard InChI is InChI=1S/C19H18O6/c1-23-13-4-2-12(3-5-13)16-11-19(22)25-17-10-14(6-7-15(16)17)24-9-8-18(20)21/h2-7,10,16H,8-9,11H2,1H3,(H,20,21). The van der Waals surface area contributed by atoms with Crippen molar-refractivity contribution in [1.82, 2.24) is 0 Å². The lowest BCUT2D eigenvalue weighted by molar-refractivity contribution is -0.137. The molecular weight excluding hydrogens is 324 g/mol. The number of hydrogen-bond acceptors (Lipinski definition) is 5. The van der Waals surface area contributed by atoms with Crippen LogP contribution in [0.3, 0.4) is 0 Å². The smallest absolute Gasteiger partial charge is 0.312 e. The van der Waals surface area contributed by atoms with Crippen LogP contribution in [0.5, 0.6) is 17.2 Å². The molecular formula is C19H18O6. The van der Waals surface area contributed by atoms with E-state index in [1.165, 1.54) is 0 Å². The zero-order valence-corrected chi connectivity index (χ0v) is 13.7. The van der Waals surface area contributed by atoms with Crippen molar-refractivity contribution in [3.63, 3.8) is 0 Å². The van der Waals surface area contributed by atoms with Gasteiger partial charge in [0.1, 0.15) is 17.2 Å². The third-order valence-electron chi connectivity index (χ3n) is 4.06. The van der Waals surface area contributed by atoms with Gasteiger partial charge < -0.3 is 19.3 Å². The Balaban J connectivity index is 1.84. The number of carbonyl (C=O) groups is 2. The number of hydrogen-bond donors (Lipinski definition) is 1. The molecule has 3 rings (SSSR count). The van der Waals surface area contributed by atoms with E-state index in [0.717, 1.165) is 16.9 Å². The van der Waals surface area contributed by atoms with Crippen LogP contribution >= 0.6 is 0 Å². The molecule has 0 saturated carbocycles. The Morgan fingerprint density at radius 1 is 1.20 bits per heavy atom. The van der Waals surface area contributed by atoms with Crippen LogP contribution in [0.25, 0.3) is 0 Å². The number of carbonyl (C=O) groups excluding carboxylic acids is 1. The molecule has 0 fully saturated rings. The predicted molar refractivity (Wildman–Crippen MR) is 89.3 cm³/mol. The molecule has 0 aromatic heterocycles. The fourth-order valence-electron chi connectivity index (χ4n) is 2.81. The summed E-state index contributed by atoms with van der Waals surface area (Å²) in [6, 6.07) is 12.8. The number of fused-ring (bicyclic) bond motifs is 1. The van der Waals surface area contributed by atoms with E-state index in [4.69, 9.17) is 19.3 Å². The van der Waals surface area contributed by atoms with Gasteiger partial charge in [0.25, 0.3) is 0 Å². The van der Waals surface area contributed by atoms with Crippen LogP contribution in [-0.4, -0.2) is 30.8 Å². The first-order valence-corrected chi connectivity index (χ1v) is 7.90. The quantitative estimate of drug-likeness (QED) is 0.642. The van der Waals surface area contributed by atoms with Gasteiger partial charge in [-0.2, -0.15) is 0 Å². The lowest BCUT2D eigenvalue weighted by Crippen LogP contribution is -2.21. The normalized spacial score (nSPS) is 15.9. The fourth-order valence-corrected chi connectivity index (χ4v) is 2.81. The van der Waals surface area contributed by atoms with Crippen LogP contribution in [0, 0.1) is 0 Å². The summed E-state index contributed by atoms with van der Waals surface area (Å²) in [5, 5.41) is 8.66. The second-order valence-electron chi connectivity index (χ2n) is 5.70. The minimum Gasteiger partial charge on any atom is -0.497 e. The number of methoxy groups -OCH3 is 1. The van der Waals surface area contributed by atoms with Gasteiger partial charge in [0.15, 0.2) is 0 Å². The Morgan fingerprint density at radius 2 is 1.92 bits per heavy atom. The molecule has 0 radical (unpaired) electrons. The van der Waals surface area contributed by atoms with E-state index >= 15 is 0 Å². The fraction of sp³-hybridized carbons (Fsp3) is 0.263. The molecule has 2 aromatic carbocycles.